The summed E-state index contributed by atoms with van der Waals surface area (Å²) in [4.78, 5) is 3.94. The largest absolute Gasteiger partial charge is 0.397 e. The number of hydrogen-bond donors (Lipinski definition) is 3. The highest BCUT2D eigenvalue weighted by Gasteiger charge is 2.15. The smallest absolute Gasteiger partial charge is 0.113 e. The highest BCUT2D eigenvalue weighted by atomic mass is 16.3. The van der Waals surface area contributed by atoms with E-state index in [9.17, 15) is 5.11 Å². The zero-order valence-electron chi connectivity index (χ0n) is 6.94. The molecule has 0 saturated carbocycles. The minimum atomic E-state index is -0.786. The van der Waals surface area contributed by atoms with Gasteiger partial charge >= 0.3 is 0 Å². The van der Waals surface area contributed by atoms with E-state index in [-0.39, 0.29) is 6.04 Å². The Balaban J connectivity index is 2.94. The number of hydrogen-bond acceptors (Lipinski definition) is 4. The summed E-state index contributed by atoms with van der Waals surface area (Å²) in [5.41, 5.74) is 12.0. The van der Waals surface area contributed by atoms with E-state index in [4.69, 9.17) is 11.5 Å². The van der Waals surface area contributed by atoms with E-state index < -0.39 is 6.10 Å². The van der Waals surface area contributed by atoms with Crippen molar-refractivity contribution >= 4 is 5.69 Å². The van der Waals surface area contributed by atoms with E-state index in [0.717, 1.165) is 0 Å². The summed E-state index contributed by atoms with van der Waals surface area (Å²) in [6, 6.07) is 3.04. The van der Waals surface area contributed by atoms with Crippen LogP contribution in [0.1, 0.15) is 18.7 Å². The molecule has 1 rings (SSSR count). The normalized spacial score (nSPS) is 15.6. The summed E-state index contributed by atoms with van der Waals surface area (Å²) in [6.45, 7) is 1.71. The minimum Gasteiger partial charge on any atom is -0.397 e. The van der Waals surface area contributed by atoms with Gasteiger partial charge in [0.1, 0.15) is 6.10 Å². The van der Waals surface area contributed by atoms with E-state index >= 15 is 0 Å². The van der Waals surface area contributed by atoms with Gasteiger partial charge in [-0.3, -0.25) is 4.98 Å². The number of pyridine rings is 1. The Hall–Kier alpha value is -1.13. The van der Waals surface area contributed by atoms with Crippen LogP contribution in [-0.4, -0.2) is 16.1 Å². The van der Waals surface area contributed by atoms with Crippen LogP contribution in [0.25, 0.3) is 0 Å². The number of aliphatic hydroxyl groups excluding tert-OH is 1. The molecule has 0 fully saturated rings. The van der Waals surface area contributed by atoms with Gasteiger partial charge in [0.2, 0.25) is 0 Å². The quantitative estimate of drug-likeness (QED) is 0.580. The molecular weight excluding hydrogens is 154 g/mol. The number of rotatable bonds is 2. The molecule has 4 heteroatoms. The van der Waals surface area contributed by atoms with E-state index in [2.05, 4.69) is 4.98 Å². The molecule has 2 atom stereocenters. The van der Waals surface area contributed by atoms with Crippen molar-refractivity contribution in [2.24, 2.45) is 5.73 Å². The molecule has 0 aliphatic carbocycles. The fourth-order valence-corrected chi connectivity index (χ4v) is 0.926. The van der Waals surface area contributed by atoms with E-state index in [1.807, 2.05) is 0 Å². The molecule has 0 unspecified atom stereocenters. The highest BCUT2D eigenvalue weighted by Crippen LogP contribution is 2.18. The van der Waals surface area contributed by atoms with Gasteiger partial charge in [-0.2, -0.15) is 0 Å². The maximum Gasteiger partial charge on any atom is 0.113 e. The molecular formula is C8H13N3O. The van der Waals surface area contributed by atoms with Crippen molar-refractivity contribution in [2.75, 3.05) is 5.73 Å². The van der Waals surface area contributed by atoms with Gasteiger partial charge in [-0.15, -0.1) is 0 Å². The maximum absolute atomic E-state index is 9.51. The van der Waals surface area contributed by atoms with Gasteiger partial charge in [-0.25, -0.2) is 0 Å². The van der Waals surface area contributed by atoms with Gasteiger partial charge in [0.25, 0.3) is 0 Å². The molecule has 0 radical (unpaired) electrons. The van der Waals surface area contributed by atoms with Gasteiger partial charge in [-0.1, -0.05) is 0 Å². The number of nitrogens with zero attached hydrogens (tertiary/aromatic N) is 1. The summed E-state index contributed by atoms with van der Waals surface area (Å²) in [7, 11) is 0. The Kier molecular flexibility index (Phi) is 2.62. The van der Waals surface area contributed by atoms with E-state index in [0.29, 0.717) is 11.4 Å². The Bertz CT molecular complexity index is 262. The predicted octanol–water partition coefficient (Wildman–Crippen LogP) is 0.0444. The Labute approximate surface area is 71.2 Å². The number of nitrogens with two attached hydrogens (primary N) is 2. The van der Waals surface area contributed by atoms with Gasteiger partial charge in [0, 0.05) is 12.2 Å². The first kappa shape index (κ1) is 8.96. The molecule has 5 N–H and O–H groups in total. The number of aromatic nitrogens is 1. The number of aliphatic hydroxyl groups is 1. The maximum atomic E-state index is 9.51. The second kappa shape index (κ2) is 3.51. The van der Waals surface area contributed by atoms with Gasteiger partial charge in [0.05, 0.1) is 11.4 Å². The third kappa shape index (κ3) is 1.72. The molecule has 0 saturated heterocycles. The topological polar surface area (TPSA) is 85.2 Å². The van der Waals surface area contributed by atoms with Gasteiger partial charge in [0.15, 0.2) is 0 Å². The SMILES string of the molecule is C[C@H](N)[C@@H](O)c1ncccc1N. The lowest BCUT2D eigenvalue weighted by Crippen LogP contribution is -2.25. The van der Waals surface area contributed by atoms with Crippen LogP contribution in [0.2, 0.25) is 0 Å². The lowest BCUT2D eigenvalue weighted by atomic mass is 10.1. The average molecular weight is 167 g/mol. The van der Waals surface area contributed by atoms with E-state index in [1.165, 1.54) is 0 Å². The number of anilines is 1. The van der Waals surface area contributed by atoms with Crippen molar-refractivity contribution < 1.29 is 5.11 Å². The third-order valence-electron chi connectivity index (χ3n) is 1.65. The van der Waals surface area contributed by atoms with Crippen LogP contribution in [0, 0.1) is 0 Å². The van der Waals surface area contributed by atoms with Crippen molar-refractivity contribution in [3.63, 3.8) is 0 Å². The minimum absolute atomic E-state index is 0.359. The summed E-state index contributed by atoms with van der Waals surface area (Å²) in [5.74, 6) is 0. The first-order valence-electron chi connectivity index (χ1n) is 3.77. The second-order valence-electron chi connectivity index (χ2n) is 2.78. The van der Waals surface area contributed by atoms with Crippen LogP contribution in [0.15, 0.2) is 18.3 Å². The van der Waals surface area contributed by atoms with Crippen LogP contribution >= 0.6 is 0 Å². The highest BCUT2D eigenvalue weighted by molar-refractivity contribution is 5.43. The molecule has 4 nitrogen and oxygen atoms in total. The fraction of sp³-hybridized carbons (Fsp3) is 0.375. The molecule has 1 heterocycles. The number of nitrogen functional groups attached to an aromatic ring is 1. The lowest BCUT2D eigenvalue weighted by molar-refractivity contribution is 0.149. The zero-order valence-corrected chi connectivity index (χ0v) is 6.94. The summed E-state index contributed by atoms with van der Waals surface area (Å²) >= 11 is 0. The van der Waals surface area contributed by atoms with Gasteiger partial charge < -0.3 is 16.6 Å². The molecule has 0 bridgehead atoms. The molecule has 66 valence electrons. The van der Waals surface area contributed by atoms with Crippen LogP contribution in [0.3, 0.4) is 0 Å². The fourth-order valence-electron chi connectivity index (χ4n) is 0.926. The second-order valence-corrected chi connectivity index (χ2v) is 2.78. The van der Waals surface area contributed by atoms with Crippen molar-refractivity contribution in [1.82, 2.24) is 4.98 Å². The average Bonchev–Trinajstić information content (AvgIpc) is 2.04. The Morgan fingerprint density at radius 3 is 2.75 bits per heavy atom. The predicted molar refractivity (Wildman–Crippen MR) is 47.3 cm³/mol. The summed E-state index contributed by atoms with van der Waals surface area (Å²) < 4.78 is 0. The first-order chi connectivity index (χ1) is 5.63. The molecule has 1 aromatic rings. The van der Waals surface area contributed by atoms with Crippen LogP contribution < -0.4 is 11.5 Å². The standard InChI is InChI=1S/C8H13N3O/c1-5(9)8(12)7-6(10)3-2-4-11-7/h2-5,8,12H,9-10H2,1H3/t5-,8+/m0/s1. The van der Waals surface area contributed by atoms with Crippen molar-refractivity contribution in [3.8, 4) is 0 Å². The Morgan fingerprint density at radius 2 is 2.25 bits per heavy atom. The molecule has 0 spiro atoms. The van der Waals surface area contributed by atoms with Crippen molar-refractivity contribution in [3.05, 3.63) is 24.0 Å². The molecule has 0 amide bonds. The zero-order chi connectivity index (χ0) is 9.14. The first-order valence-corrected chi connectivity index (χ1v) is 3.77. The summed E-state index contributed by atoms with van der Waals surface area (Å²) in [5, 5.41) is 9.51. The van der Waals surface area contributed by atoms with Crippen molar-refractivity contribution in [1.29, 1.82) is 0 Å². The molecule has 0 aromatic carbocycles. The van der Waals surface area contributed by atoms with Crippen molar-refractivity contribution in [2.45, 2.75) is 19.1 Å². The molecule has 1 aromatic heterocycles. The van der Waals surface area contributed by atoms with Crippen LogP contribution in [0.4, 0.5) is 5.69 Å². The monoisotopic (exact) mass is 167 g/mol. The third-order valence-corrected chi connectivity index (χ3v) is 1.65. The molecule has 0 aliphatic heterocycles. The van der Waals surface area contributed by atoms with E-state index in [1.54, 1.807) is 25.3 Å². The van der Waals surface area contributed by atoms with Crippen LogP contribution in [0.5, 0.6) is 0 Å². The summed E-state index contributed by atoms with van der Waals surface area (Å²) in [6.07, 6.45) is 0.795. The molecule has 12 heavy (non-hydrogen) atoms. The van der Waals surface area contributed by atoms with Gasteiger partial charge in [-0.05, 0) is 19.1 Å². The lowest BCUT2D eigenvalue weighted by Gasteiger charge is -2.14. The molecule has 0 aliphatic rings. The Morgan fingerprint density at radius 1 is 1.58 bits per heavy atom. The van der Waals surface area contributed by atoms with Crippen LogP contribution in [-0.2, 0) is 0 Å².